The average Bonchev–Trinajstić information content (AvgIpc) is 2.96. The third kappa shape index (κ3) is 3.45. The number of anilines is 1. The molecule has 1 aliphatic heterocycles. The monoisotopic (exact) mass is 366 g/mol. The van der Waals surface area contributed by atoms with Crippen LogP contribution in [-0.4, -0.2) is 42.6 Å². The van der Waals surface area contributed by atoms with Crippen molar-refractivity contribution in [3.8, 4) is 0 Å². The second-order valence-corrected chi connectivity index (χ2v) is 7.60. The molecule has 1 fully saturated rings. The molecule has 0 spiro atoms. The number of pyridine rings is 1. The first kappa shape index (κ1) is 15.0. The van der Waals surface area contributed by atoms with Gasteiger partial charge in [-0.3, -0.25) is 4.90 Å². The van der Waals surface area contributed by atoms with Gasteiger partial charge in [-0.25, -0.2) is 4.98 Å². The lowest BCUT2D eigenvalue weighted by Gasteiger charge is -2.39. The van der Waals surface area contributed by atoms with Gasteiger partial charge in [-0.05, 0) is 40.2 Å². The number of aromatic nitrogens is 1. The number of rotatable bonds is 4. The van der Waals surface area contributed by atoms with E-state index in [0.717, 1.165) is 32.0 Å². The number of nitrogens with zero attached hydrogens (tertiary/aromatic N) is 3. The summed E-state index contributed by atoms with van der Waals surface area (Å²) in [4.78, 5) is 10.6. The van der Waals surface area contributed by atoms with Gasteiger partial charge >= 0.3 is 0 Å². The lowest BCUT2D eigenvalue weighted by molar-refractivity contribution is 0.192. The highest BCUT2D eigenvalue weighted by molar-refractivity contribution is 9.11. The van der Waals surface area contributed by atoms with Gasteiger partial charge in [-0.1, -0.05) is 6.07 Å². The molecule has 0 aliphatic carbocycles. The van der Waals surface area contributed by atoms with Crippen LogP contribution >= 0.6 is 27.3 Å². The summed E-state index contributed by atoms with van der Waals surface area (Å²) in [5.41, 5.74) is 6.01. The normalized spacial score (nSPS) is 17.9. The maximum absolute atomic E-state index is 6.01. The summed E-state index contributed by atoms with van der Waals surface area (Å²) in [6.45, 7) is 4.71. The Balaban J connectivity index is 1.64. The Morgan fingerprint density at radius 2 is 2.00 bits per heavy atom. The van der Waals surface area contributed by atoms with Crippen molar-refractivity contribution in [1.82, 2.24) is 9.88 Å². The van der Waals surface area contributed by atoms with Gasteiger partial charge < -0.3 is 10.6 Å². The molecule has 1 aliphatic rings. The van der Waals surface area contributed by atoms with E-state index in [1.165, 1.54) is 8.66 Å². The van der Waals surface area contributed by atoms with E-state index < -0.39 is 0 Å². The molecule has 3 rings (SSSR count). The van der Waals surface area contributed by atoms with Gasteiger partial charge in [0.05, 0.1) is 9.83 Å². The van der Waals surface area contributed by atoms with Crippen LogP contribution in [0.25, 0.3) is 0 Å². The fraction of sp³-hybridized carbons (Fsp3) is 0.400. The van der Waals surface area contributed by atoms with Gasteiger partial charge in [-0.2, -0.15) is 0 Å². The van der Waals surface area contributed by atoms with Gasteiger partial charge in [0, 0.05) is 43.8 Å². The first-order valence-electron chi connectivity index (χ1n) is 7.13. The third-order valence-electron chi connectivity index (χ3n) is 3.87. The summed E-state index contributed by atoms with van der Waals surface area (Å²) in [6.07, 6.45) is 1.85. The first-order valence-corrected chi connectivity index (χ1v) is 8.74. The van der Waals surface area contributed by atoms with Crippen LogP contribution in [0.4, 0.5) is 5.82 Å². The number of piperazine rings is 1. The standard InChI is InChI=1S/C15H19BrN4S/c16-14-5-4-13(21-14)12(11-17)19-7-9-20(10-8-19)15-3-1-2-6-18-15/h1-6,12H,7-11,17H2. The van der Waals surface area contributed by atoms with Crippen molar-refractivity contribution in [3.63, 3.8) is 0 Å². The van der Waals surface area contributed by atoms with Gasteiger partial charge in [0.1, 0.15) is 5.82 Å². The second-order valence-electron chi connectivity index (χ2n) is 5.10. The summed E-state index contributed by atoms with van der Waals surface area (Å²) >= 11 is 5.32. The Labute approximate surface area is 137 Å². The lowest BCUT2D eigenvalue weighted by atomic mass is 10.1. The molecule has 0 amide bonds. The maximum Gasteiger partial charge on any atom is 0.128 e. The minimum absolute atomic E-state index is 0.326. The van der Waals surface area contributed by atoms with Crippen LogP contribution in [-0.2, 0) is 0 Å². The van der Waals surface area contributed by atoms with E-state index in [-0.39, 0.29) is 0 Å². The van der Waals surface area contributed by atoms with Crippen molar-refractivity contribution in [1.29, 1.82) is 0 Å². The van der Waals surface area contributed by atoms with E-state index >= 15 is 0 Å². The van der Waals surface area contributed by atoms with E-state index in [1.807, 2.05) is 18.3 Å². The molecule has 1 atom stereocenters. The predicted octanol–water partition coefficient (Wildman–Crippen LogP) is 2.73. The molecule has 1 saturated heterocycles. The van der Waals surface area contributed by atoms with Crippen molar-refractivity contribution >= 4 is 33.1 Å². The first-order chi connectivity index (χ1) is 10.3. The second kappa shape index (κ2) is 6.87. The molecule has 2 aromatic heterocycles. The molecule has 2 aromatic rings. The van der Waals surface area contributed by atoms with Gasteiger partial charge in [0.25, 0.3) is 0 Å². The topological polar surface area (TPSA) is 45.4 Å². The largest absolute Gasteiger partial charge is 0.354 e. The number of hydrogen-bond donors (Lipinski definition) is 1. The Morgan fingerprint density at radius 3 is 2.57 bits per heavy atom. The average molecular weight is 367 g/mol. The van der Waals surface area contributed by atoms with E-state index in [1.54, 1.807) is 11.3 Å². The number of halogens is 1. The zero-order valence-corrected chi connectivity index (χ0v) is 14.2. The number of thiophene rings is 1. The fourth-order valence-electron chi connectivity index (χ4n) is 2.76. The van der Waals surface area contributed by atoms with Crippen LogP contribution in [0.15, 0.2) is 40.3 Å². The maximum atomic E-state index is 6.01. The predicted molar refractivity (Wildman–Crippen MR) is 91.8 cm³/mol. The minimum atomic E-state index is 0.326. The fourth-order valence-corrected chi connectivity index (χ4v) is 4.33. The summed E-state index contributed by atoms with van der Waals surface area (Å²) in [5, 5.41) is 0. The highest BCUT2D eigenvalue weighted by Gasteiger charge is 2.25. The van der Waals surface area contributed by atoms with E-state index in [4.69, 9.17) is 5.73 Å². The molecule has 2 N–H and O–H groups in total. The van der Waals surface area contributed by atoms with Crippen LogP contribution in [0.1, 0.15) is 10.9 Å². The molecule has 112 valence electrons. The quantitative estimate of drug-likeness (QED) is 0.903. The molecular weight excluding hydrogens is 348 g/mol. The van der Waals surface area contributed by atoms with Crippen molar-refractivity contribution in [2.75, 3.05) is 37.6 Å². The Hall–Kier alpha value is -0.950. The number of nitrogens with two attached hydrogens (primary N) is 1. The molecule has 4 nitrogen and oxygen atoms in total. The Bertz CT molecular complexity index is 566. The summed E-state index contributed by atoms with van der Waals surface area (Å²) in [6, 6.07) is 10.7. The van der Waals surface area contributed by atoms with E-state index in [9.17, 15) is 0 Å². The van der Waals surface area contributed by atoms with Gasteiger partial charge in [0.15, 0.2) is 0 Å². The van der Waals surface area contributed by atoms with E-state index in [2.05, 4.69) is 48.9 Å². The van der Waals surface area contributed by atoms with Crippen LogP contribution in [0, 0.1) is 0 Å². The van der Waals surface area contributed by atoms with Crippen molar-refractivity contribution in [2.45, 2.75) is 6.04 Å². The molecule has 0 aromatic carbocycles. The molecule has 0 bridgehead atoms. The smallest absolute Gasteiger partial charge is 0.128 e. The van der Waals surface area contributed by atoms with Gasteiger partial charge in [0.2, 0.25) is 0 Å². The van der Waals surface area contributed by atoms with Crippen molar-refractivity contribution in [3.05, 3.63) is 45.2 Å². The molecule has 0 radical (unpaired) electrons. The molecule has 1 unspecified atom stereocenters. The molecule has 6 heteroatoms. The zero-order chi connectivity index (χ0) is 14.7. The minimum Gasteiger partial charge on any atom is -0.354 e. The molecule has 0 saturated carbocycles. The van der Waals surface area contributed by atoms with E-state index in [0.29, 0.717) is 12.6 Å². The van der Waals surface area contributed by atoms with Gasteiger partial charge in [-0.15, -0.1) is 11.3 Å². The Morgan fingerprint density at radius 1 is 1.19 bits per heavy atom. The highest BCUT2D eigenvalue weighted by Crippen LogP contribution is 2.31. The van der Waals surface area contributed by atoms with Crippen LogP contribution in [0.5, 0.6) is 0 Å². The molecule has 21 heavy (non-hydrogen) atoms. The highest BCUT2D eigenvalue weighted by atomic mass is 79.9. The van der Waals surface area contributed by atoms with Crippen molar-refractivity contribution < 1.29 is 0 Å². The van der Waals surface area contributed by atoms with Crippen LogP contribution in [0.2, 0.25) is 0 Å². The molecule has 3 heterocycles. The van der Waals surface area contributed by atoms with Crippen LogP contribution < -0.4 is 10.6 Å². The van der Waals surface area contributed by atoms with Crippen LogP contribution in [0.3, 0.4) is 0 Å². The summed E-state index contributed by atoms with van der Waals surface area (Å²) in [5.74, 6) is 1.07. The molecular formula is C15H19BrN4S. The Kier molecular flexibility index (Phi) is 4.90. The van der Waals surface area contributed by atoms with Crippen molar-refractivity contribution in [2.24, 2.45) is 5.73 Å². The third-order valence-corrected chi connectivity index (χ3v) is 5.60. The lowest BCUT2D eigenvalue weighted by Crippen LogP contribution is -2.49. The SMILES string of the molecule is NCC(c1ccc(Br)s1)N1CCN(c2ccccn2)CC1. The summed E-state index contributed by atoms with van der Waals surface area (Å²) < 4.78 is 1.17. The zero-order valence-electron chi connectivity index (χ0n) is 11.8. The number of hydrogen-bond acceptors (Lipinski definition) is 5. The summed E-state index contributed by atoms with van der Waals surface area (Å²) in [7, 11) is 0.